The molecule has 2 heterocycles. The molecule has 0 N–H and O–H groups in total. The Hall–Kier alpha value is -3.06. The van der Waals surface area contributed by atoms with Crippen LogP contribution in [-0.2, 0) is 4.79 Å². The maximum Gasteiger partial charge on any atom is 0.294 e. The zero-order chi connectivity index (χ0) is 21.3. The minimum absolute atomic E-state index is 0.0531. The SMILES string of the molecule is CSc1ccc(-c2ccc3c(c2)N(C(=O)c2ccco2)CC(CF)N3C(C)=O)cc1. The summed E-state index contributed by atoms with van der Waals surface area (Å²) in [6.07, 6.45) is 3.44. The number of hydrogen-bond acceptors (Lipinski definition) is 4. The zero-order valence-corrected chi connectivity index (χ0v) is 17.5. The Morgan fingerprint density at radius 2 is 1.83 bits per heavy atom. The highest BCUT2D eigenvalue weighted by molar-refractivity contribution is 7.98. The number of hydrogen-bond donors (Lipinski definition) is 0. The van der Waals surface area contributed by atoms with E-state index < -0.39 is 12.7 Å². The molecule has 0 fully saturated rings. The van der Waals surface area contributed by atoms with E-state index in [4.69, 9.17) is 4.42 Å². The molecule has 0 saturated heterocycles. The Bertz CT molecular complexity index is 1070. The number of rotatable bonds is 4. The fraction of sp³-hybridized carbons (Fsp3) is 0.217. The van der Waals surface area contributed by atoms with Crippen molar-refractivity contribution < 1.29 is 18.4 Å². The van der Waals surface area contributed by atoms with Crippen LogP contribution in [0.1, 0.15) is 17.5 Å². The highest BCUT2D eigenvalue weighted by Crippen LogP contribution is 2.40. The van der Waals surface area contributed by atoms with Gasteiger partial charge in [0.15, 0.2) is 5.76 Å². The summed E-state index contributed by atoms with van der Waals surface area (Å²) in [5.74, 6) is -0.455. The average molecular weight is 424 g/mol. The van der Waals surface area contributed by atoms with Crippen molar-refractivity contribution >= 4 is 35.0 Å². The standard InChI is InChI=1S/C23H21FN2O3S/c1-15(27)26-18(13-24)14-25(23(28)22-4-3-11-29-22)21-12-17(7-10-20(21)26)16-5-8-19(30-2)9-6-16/h3-12,18H,13-14H2,1-2H3. The number of furan rings is 1. The van der Waals surface area contributed by atoms with E-state index >= 15 is 0 Å². The Morgan fingerprint density at radius 3 is 2.43 bits per heavy atom. The van der Waals surface area contributed by atoms with Gasteiger partial charge < -0.3 is 14.2 Å². The van der Waals surface area contributed by atoms with Crippen LogP contribution in [0.3, 0.4) is 0 Å². The molecular weight excluding hydrogens is 403 g/mol. The van der Waals surface area contributed by atoms with Gasteiger partial charge in [0.2, 0.25) is 5.91 Å². The summed E-state index contributed by atoms with van der Waals surface area (Å²) in [7, 11) is 0. The first-order chi connectivity index (χ1) is 14.5. The molecule has 3 aromatic rings. The van der Waals surface area contributed by atoms with Gasteiger partial charge in [0.1, 0.15) is 6.67 Å². The number of nitrogens with zero attached hydrogens (tertiary/aromatic N) is 2. The molecule has 7 heteroatoms. The van der Waals surface area contributed by atoms with Gasteiger partial charge >= 0.3 is 0 Å². The van der Waals surface area contributed by atoms with Gasteiger partial charge in [-0.25, -0.2) is 4.39 Å². The van der Waals surface area contributed by atoms with Crippen molar-refractivity contribution in [1.82, 2.24) is 0 Å². The minimum Gasteiger partial charge on any atom is -0.459 e. The summed E-state index contributed by atoms with van der Waals surface area (Å²) >= 11 is 1.66. The molecule has 1 aromatic heterocycles. The van der Waals surface area contributed by atoms with Crippen LogP contribution in [-0.4, -0.2) is 37.3 Å². The molecule has 0 bridgehead atoms. The van der Waals surface area contributed by atoms with Crippen LogP contribution in [0.2, 0.25) is 0 Å². The van der Waals surface area contributed by atoms with Crippen LogP contribution >= 0.6 is 11.8 Å². The summed E-state index contributed by atoms with van der Waals surface area (Å²) in [4.78, 5) is 29.5. The van der Waals surface area contributed by atoms with Crippen LogP contribution in [0.5, 0.6) is 0 Å². The molecule has 0 saturated carbocycles. The molecule has 0 radical (unpaired) electrons. The zero-order valence-electron chi connectivity index (χ0n) is 16.7. The Kier molecular flexibility index (Phi) is 5.63. The summed E-state index contributed by atoms with van der Waals surface area (Å²) in [6.45, 7) is 0.710. The van der Waals surface area contributed by atoms with Crippen LogP contribution in [0, 0.1) is 0 Å². The van der Waals surface area contributed by atoms with Gasteiger partial charge in [0.05, 0.1) is 23.7 Å². The van der Waals surface area contributed by atoms with Gasteiger partial charge in [-0.3, -0.25) is 9.59 Å². The van der Waals surface area contributed by atoms with E-state index in [9.17, 15) is 14.0 Å². The summed E-state index contributed by atoms with van der Waals surface area (Å²) in [5.41, 5.74) is 2.97. The summed E-state index contributed by atoms with van der Waals surface area (Å²) < 4.78 is 19.1. The number of carbonyl (C=O) groups is 2. The Morgan fingerprint density at radius 1 is 1.10 bits per heavy atom. The monoisotopic (exact) mass is 424 g/mol. The number of thioether (sulfide) groups is 1. The smallest absolute Gasteiger partial charge is 0.294 e. The summed E-state index contributed by atoms with van der Waals surface area (Å²) in [5, 5.41) is 0. The third-order valence-corrected chi connectivity index (χ3v) is 5.95. The van der Waals surface area contributed by atoms with Gasteiger partial charge in [0.25, 0.3) is 5.91 Å². The first kappa shape index (κ1) is 20.2. The highest BCUT2D eigenvalue weighted by Gasteiger charge is 2.37. The van der Waals surface area contributed by atoms with Crippen LogP contribution < -0.4 is 9.80 Å². The van der Waals surface area contributed by atoms with E-state index in [0.717, 1.165) is 16.0 Å². The molecule has 1 unspecified atom stereocenters. The second kappa shape index (κ2) is 8.36. The van der Waals surface area contributed by atoms with Crippen molar-refractivity contribution in [2.45, 2.75) is 17.9 Å². The number of benzene rings is 2. The van der Waals surface area contributed by atoms with Crippen molar-refractivity contribution in [2.75, 3.05) is 29.3 Å². The van der Waals surface area contributed by atoms with Crippen molar-refractivity contribution in [3.8, 4) is 11.1 Å². The molecule has 0 spiro atoms. The van der Waals surface area contributed by atoms with E-state index in [1.807, 2.05) is 42.7 Å². The number of amides is 2. The van der Waals surface area contributed by atoms with Crippen molar-refractivity contribution in [3.63, 3.8) is 0 Å². The molecule has 1 aliphatic rings. The second-order valence-corrected chi connectivity index (χ2v) is 7.90. The molecule has 2 amide bonds. The minimum atomic E-state index is -0.751. The number of alkyl halides is 1. The van der Waals surface area contributed by atoms with Crippen LogP contribution in [0.25, 0.3) is 11.1 Å². The molecule has 1 aliphatic heterocycles. The molecule has 154 valence electrons. The van der Waals surface area contributed by atoms with Gasteiger partial charge in [-0.15, -0.1) is 11.8 Å². The van der Waals surface area contributed by atoms with Gasteiger partial charge in [-0.2, -0.15) is 0 Å². The Labute approximate surface area is 178 Å². The maximum atomic E-state index is 13.8. The number of halogens is 1. The first-order valence-electron chi connectivity index (χ1n) is 9.53. The molecule has 0 aliphatic carbocycles. The van der Waals surface area contributed by atoms with Gasteiger partial charge in [0, 0.05) is 18.4 Å². The fourth-order valence-corrected chi connectivity index (χ4v) is 4.17. The summed E-state index contributed by atoms with van der Waals surface area (Å²) in [6, 6.07) is 16.1. The van der Waals surface area contributed by atoms with E-state index in [2.05, 4.69) is 0 Å². The molecule has 1 atom stereocenters. The highest BCUT2D eigenvalue weighted by atomic mass is 32.2. The van der Waals surface area contributed by atoms with Gasteiger partial charge in [-0.05, 0) is 53.8 Å². The number of anilines is 2. The lowest BCUT2D eigenvalue weighted by atomic mass is 10.00. The van der Waals surface area contributed by atoms with E-state index in [1.165, 1.54) is 23.0 Å². The predicted molar refractivity (Wildman–Crippen MR) is 117 cm³/mol. The number of carbonyl (C=O) groups excluding carboxylic acids is 2. The van der Waals surface area contributed by atoms with E-state index in [0.29, 0.717) is 11.4 Å². The molecule has 5 nitrogen and oxygen atoms in total. The fourth-order valence-electron chi connectivity index (χ4n) is 3.76. The Balaban J connectivity index is 1.83. The first-order valence-corrected chi connectivity index (χ1v) is 10.8. The quantitative estimate of drug-likeness (QED) is 0.552. The topological polar surface area (TPSA) is 53.8 Å². The third kappa shape index (κ3) is 3.61. The average Bonchev–Trinajstić information content (AvgIpc) is 3.32. The lowest BCUT2D eigenvalue weighted by molar-refractivity contribution is -0.117. The van der Waals surface area contributed by atoms with E-state index in [-0.39, 0.29) is 24.1 Å². The van der Waals surface area contributed by atoms with Crippen LogP contribution in [0.15, 0.2) is 70.2 Å². The third-order valence-electron chi connectivity index (χ3n) is 5.20. The predicted octanol–water partition coefficient (Wildman–Crippen LogP) is 5.02. The molecule has 2 aromatic carbocycles. The lowest BCUT2D eigenvalue weighted by Gasteiger charge is -2.41. The lowest BCUT2D eigenvalue weighted by Crippen LogP contribution is -2.53. The second-order valence-electron chi connectivity index (χ2n) is 7.02. The van der Waals surface area contributed by atoms with Crippen molar-refractivity contribution in [1.29, 1.82) is 0 Å². The van der Waals surface area contributed by atoms with E-state index in [1.54, 1.807) is 30.0 Å². The molecule has 30 heavy (non-hydrogen) atoms. The number of fused-ring (bicyclic) bond motifs is 1. The molecular formula is C23H21FN2O3S. The molecule has 4 rings (SSSR count). The van der Waals surface area contributed by atoms with Crippen molar-refractivity contribution in [3.05, 3.63) is 66.6 Å². The van der Waals surface area contributed by atoms with Crippen LogP contribution in [0.4, 0.5) is 15.8 Å². The van der Waals surface area contributed by atoms with Gasteiger partial charge in [-0.1, -0.05) is 18.2 Å². The normalized spacial score (nSPS) is 15.8. The van der Waals surface area contributed by atoms with Crippen molar-refractivity contribution in [2.24, 2.45) is 0 Å². The largest absolute Gasteiger partial charge is 0.459 e. The maximum absolute atomic E-state index is 13.8.